The van der Waals surface area contributed by atoms with Crippen LogP contribution < -0.4 is 17.2 Å². The standard InChI is InChI=1S/C4H11N3O2/c5-1-4(7,2-6)3(8)9/h1-2,5-7H2,(H,8,9). The van der Waals surface area contributed by atoms with E-state index >= 15 is 0 Å². The number of carboxylic acid groups (broad SMARTS) is 1. The van der Waals surface area contributed by atoms with Gasteiger partial charge in [-0.15, -0.1) is 0 Å². The maximum absolute atomic E-state index is 10.2. The monoisotopic (exact) mass is 133 g/mol. The van der Waals surface area contributed by atoms with Crippen LogP contribution in [-0.4, -0.2) is 29.7 Å². The average molecular weight is 133 g/mol. The molecule has 7 N–H and O–H groups in total. The Morgan fingerprint density at radius 1 is 1.44 bits per heavy atom. The van der Waals surface area contributed by atoms with E-state index in [1.165, 1.54) is 0 Å². The molecule has 0 aromatic heterocycles. The molecule has 0 aliphatic carbocycles. The van der Waals surface area contributed by atoms with E-state index in [0.717, 1.165) is 0 Å². The number of carbonyl (C=O) groups is 1. The topological polar surface area (TPSA) is 115 Å². The smallest absolute Gasteiger partial charge is 0.326 e. The summed E-state index contributed by atoms with van der Waals surface area (Å²) in [6, 6.07) is 0. The lowest BCUT2D eigenvalue weighted by Gasteiger charge is -2.19. The minimum atomic E-state index is -1.44. The first kappa shape index (κ1) is 8.35. The number of nitrogens with two attached hydrogens (primary N) is 3. The van der Waals surface area contributed by atoms with Gasteiger partial charge in [0.25, 0.3) is 0 Å². The lowest BCUT2D eigenvalue weighted by atomic mass is 10.0. The summed E-state index contributed by atoms with van der Waals surface area (Å²) in [6.07, 6.45) is 0. The largest absolute Gasteiger partial charge is 0.480 e. The highest BCUT2D eigenvalue weighted by Gasteiger charge is 2.30. The van der Waals surface area contributed by atoms with Crippen LogP contribution in [0.25, 0.3) is 0 Å². The second-order valence-corrected chi connectivity index (χ2v) is 1.87. The molecule has 0 fully saturated rings. The molecule has 0 bridgehead atoms. The van der Waals surface area contributed by atoms with Crippen molar-refractivity contribution in [2.24, 2.45) is 17.2 Å². The number of carboxylic acids is 1. The van der Waals surface area contributed by atoms with Gasteiger partial charge in [-0.3, -0.25) is 4.79 Å². The van der Waals surface area contributed by atoms with Crippen LogP contribution in [0.4, 0.5) is 0 Å². The molecule has 5 nitrogen and oxygen atoms in total. The maximum Gasteiger partial charge on any atom is 0.326 e. The highest BCUT2D eigenvalue weighted by Crippen LogP contribution is 1.92. The summed E-state index contributed by atoms with van der Waals surface area (Å²) in [5.41, 5.74) is 13.8. The Labute approximate surface area is 52.8 Å². The van der Waals surface area contributed by atoms with Crippen molar-refractivity contribution in [2.45, 2.75) is 5.54 Å². The van der Waals surface area contributed by atoms with Crippen LogP contribution in [0.2, 0.25) is 0 Å². The summed E-state index contributed by atoms with van der Waals surface area (Å²) in [4.78, 5) is 10.2. The number of aliphatic carboxylic acids is 1. The van der Waals surface area contributed by atoms with Crippen molar-refractivity contribution >= 4 is 5.97 Å². The van der Waals surface area contributed by atoms with Crippen molar-refractivity contribution in [3.8, 4) is 0 Å². The van der Waals surface area contributed by atoms with E-state index in [4.69, 9.17) is 22.3 Å². The first-order valence-corrected chi connectivity index (χ1v) is 2.49. The molecule has 9 heavy (non-hydrogen) atoms. The van der Waals surface area contributed by atoms with Gasteiger partial charge >= 0.3 is 5.97 Å². The summed E-state index contributed by atoms with van der Waals surface area (Å²) >= 11 is 0. The molecule has 0 unspecified atom stereocenters. The molecule has 0 saturated heterocycles. The van der Waals surface area contributed by atoms with Crippen molar-refractivity contribution in [2.75, 3.05) is 13.1 Å². The lowest BCUT2D eigenvalue weighted by molar-refractivity contribution is -0.142. The predicted octanol–water partition coefficient (Wildman–Crippen LogP) is -2.31. The Morgan fingerprint density at radius 3 is 1.78 bits per heavy atom. The van der Waals surface area contributed by atoms with Crippen LogP contribution in [0, 0.1) is 0 Å². The second kappa shape index (κ2) is 2.77. The van der Waals surface area contributed by atoms with Gasteiger partial charge < -0.3 is 22.3 Å². The summed E-state index contributed by atoms with van der Waals surface area (Å²) in [6.45, 7) is -0.280. The van der Waals surface area contributed by atoms with E-state index < -0.39 is 11.5 Å². The third kappa shape index (κ3) is 1.63. The van der Waals surface area contributed by atoms with Gasteiger partial charge in [0, 0.05) is 13.1 Å². The molecule has 0 aliphatic heterocycles. The van der Waals surface area contributed by atoms with Gasteiger partial charge in [0.1, 0.15) is 5.54 Å². The molecule has 0 spiro atoms. The molecular formula is C4H11N3O2. The highest BCUT2D eigenvalue weighted by molar-refractivity contribution is 5.79. The Bertz CT molecular complexity index is 110. The predicted molar refractivity (Wildman–Crippen MR) is 32.7 cm³/mol. The minimum Gasteiger partial charge on any atom is -0.480 e. The van der Waals surface area contributed by atoms with Crippen LogP contribution >= 0.6 is 0 Å². The molecule has 5 heteroatoms. The summed E-state index contributed by atoms with van der Waals surface area (Å²) in [7, 11) is 0. The van der Waals surface area contributed by atoms with E-state index in [1.807, 2.05) is 0 Å². The van der Waals surface area contributed by atoms with Crippen LogP contribution in [-0.2, 0) is 4.79 Å². The van der Waals surface area contributed by atoms with Crippen molar-refractivity contribution in [3.05, 3.63) is 0 Å². The van der Waals surface area contributed by atoms with Gasteiger partial charge in [-0.25, -0.2) is 0 Å². The second-order valence-electron chi connectivity index (χ2n) is 1.87. The van der Waals surface area contributed by atoms with Crippen LogP contribution in [0.1, 0.15) is 0 Å². The quantitative estimate of drug-likeness (QED) is 0.345. The Balaban J connectivity index is 4.09. The SMILES string of the molecule is NCC(N)(CN)C(=O)O. The van der Waals surface area contributed by atoms with Gasteiger partial charge in [0.15, 0.2) is 0 Å². The van der Waals surface area contributed by atoms with Crippen molar-refractivity contribution in [1.29, 1.82) is 0 Å². The zero-order valence-corrected chi connectivity index (χ0v) is 5.00. The van der Waals surface area contributed by atoms with E-state index in [0.29, 0.717) is 0 Å². The molecule has 0 rings (SSSR count). The van der Waals surface area contributed by atoms with Crippen molar-refractivity contribution in [3.63, 3.8) is 0 Å². The zero-order valence-electron chi connectivity index (χ0n) is 5.00. The molecule has 0 aliphatic rings. The Morgan fingerprint density at radius 2 is 1.78 bits per heavy atom. The Hall–Kier alpha value is -0.650. The average Bonchev–Trinajstić information content (AvgIpc) is 1.86. The lowest BCUT2D eigenvalue weighted by Crippen LogP contribution is -2.59. The fourth-order valence-corrected chi connectivity index (χ4v) is 0.258. The maximum atomic E-state index is 10.2. The van der Waals surface area contributed by atoms with Gasteiger partial charge in [0.2, 0.25) is 0 Å². The molecule has 0 aromatic carbocycles. The molecule has 0 radical (unpaired) electrons. The first-order valence-electron chi connectivity index (χ1n) is 2.49. The number of hydrogen-bond acceptors (Lipinski definition) is 4. The fourth-order valence-electron chi connectivity index (χ4n) is 0.258. The molecule has 0 aromatic rings. The van der Waals surface area contributed by atoms with E-state index in [-0.39, 0.29) is 13.1 Å². The minimum absolute atomic E-state index is 0.140. The van der Waals surface area contributed by atoms with E-state index in [1.54, 1.807) is 0 Å². The third-order valence-corrected chi connectivity index (χ3v) is 1.15. The highest BCUT2D eigenvalue weighted by atomic mass is 16.4. The molecule has 0 heterocycles. The van der Waals surface area contributed by atoms with E-state index in [2.05, 4.69) is 0 Å². The van der Waals surface area contributed by atoms with Crippen LogP contribution in [0.3, 0.4) is 0 Å². The van der Waals surface area contributed by atoms with Gasteiger partial charge in [-0.1, -0.05) is 0 Å². The number of hydrogen-bond donors (Lipinski definition) is 4. The zero-order chi connectivity index (χ0) is 7.49. The molecular weight excluding hydrogens is 122 g/mol. The van der Waals surface area contributed by atoms with Gasteiger partial charge in [0.05, 0.1) is 0 Å². The molecule has 54 valence electrons. The summed E-state index contributed by atoms with van der Waals surface area (Å²) < 4.78 is 0. The van der Waals surface area contributed by atoms with Crippen molar-refractivity contribution < 1.29 is 9.90 Å². The summed E-state index contributed by atoms with van der Waals surface area (Å²) in [5, 5.41) is 8.35. The van der Waals surface area contributed by atoms with Gasteiger partial charge in [-0.05, 0) is 0 Å². The molecule has 0 amide bonds. The normalized spacial score (nSPS) is 11.4. The van der Waals surface area contributed by atoms with Crippen LogP contribution in [0.15, 0.2) is 0 Å². The van der Waals surface area contributed by atoms with E-state index in [9.17, 15) is 4.79 Å². The summed E-state index contributed by atoms with van der Waals surface area (Å²) in [5.74, 6) is -1.16. The fraction of sp³-hybridized carbons (Fsp3) is 0.750. The molecule has 0 atom stereocenters. The Kier molecular flexibility index (Phi) is 2.57. The van der Waals surface area contributed by atoms with Crippen LogP contribution in [0.5, 0.6) is 0 Å². The van der Waals surface area contributed by atoms with Crippen molar-refractivity contribution in [1.82, 2.24) is 0 Å². The first-order chi connectivity index (χ1) is 4.06. The number of rotatable bonds is 3. The van der Waals surface area contributed by atoms with Gasteiger partial charge in [-0.2, -0.15) is 0 Å². The molecule has 0 saturated carbocycles. The third-order valence-electron chi connectivity index (χ3n) is 1.15.